The first kappa shape index (κ1) is 23.2. The SMILES string of the molecule is CN(c1ccccc1)C1CCC(CN)(N/C=C(\C(=N)Nc2ccnc(F)c2)C(N)=O)CC1. The van der Waals surface area contributed by atoms with Crippen molar-refractivity contribution < 1.29 is 9.18 Å². The van der Waals surface area contributed by atoms with E-state index in [4.69, 9.17) is 16.9 Å². The van der Waals surface area contributed by atoms with Crippen molar-refractivity contribution in [3.63, 3.8) is 0 Å². The largest absolute Gasteiger partial charge is 0.383 e. The van der Waals surface area contributed by atoms with Crippen molar-refractivity contribution >= 4 is 23.1 Å². The Morgan fingerprint density at radius 1 is 1.31 bits per heavy atom. The summed E-state index contributed by atoms with van der Waals surface area (Å²) in [5.41, 5.74) is 12.6. The number of benzene rings is 1. The molecule has 7 N–H and O–H groups in total. The van der Waals surface area contributed by atoms with Crippen LogP contribution in [0.1, 0.15) is 25.7 Å². The van der Waals surface area contributed by atoms with Gasteiger partial charge in [-0.15, -0.1) is 0 Å². The van der Waals surface area contributed by atoms with Gasteiger partial charge in [0.1, 0.15) is 5.84 Å². The van der Waals surface area contributed by atoms with Gasteiger partial charge in [-0.3, -0.25) is 10.2 Å². The Hall–Kier alpha value is -3.46. The van der Waals surface area contributed by atoms with Gasteiger partial charge < -0.3 is 27.0 Å². The van der Waals surface area contributed by atoms with Crippen molar-refractivity contribution in [3.8, 4) is 0 Å². The topological polar surface area (TPSA) is 133 Å². The van der Waals surface area contributed by atoms with Crippen LogP contribution in [0.4, 0.5) is 15.8 Å². The Bertz CT molecular complexity index is 971. The molecule has 1 aliphatic rings. The van der Waals surface area contributed by atoms with E-state index in [-0.39, 0.29) is 11.4 Å². The molecule has 8 nitrogen and oxygen atoms in total. The van der Waals surface area contributed by atoms with Gasteiger partial charge in [-0.1, -0.05) is 18.2 Å². The minimum absolute atomic E-state index is 0.0430. The number of halogens is 1. The fourth-order valence-corrected chi connectivity index (χ4v) is 4.01. The third kappa shape index (κ3) is 5.61. The van der Waals surface area contributed by atoms with Crippen molar-refractivity contribution in [2.75, 3.05) is 23.8 Å². The molecule has 1 amide bonds. The standard InChI is InChI=1S/C23H30FN7O/c1-31(17-5-3-2-4-6-17)18-7-10-23(15-25,11-8-18)29-14-19(22(27)32)21(26)30-16-9-12-28-20(24)13-16/h2-6,9,12-14,18,29H,7-8,10-11,15,25H2,1H3,(H2,27,32)(H2,26,28,30)/b19-14+. The lowest BCUT2D eigenvalue weighted by Crippen LogP contribution is -2.54. The maximum Gasteiger partial charge on any atom is 0.253 e. The number of nitrogens with one attached hydrogen (secondary N) is 3. The number of amides is 1. The number of nitrogens with two attached hydrogens (primary N) is 2. The summed E-state index contributed by atoms with van der Waals surface area (Å²) in [6.07, 6.45) is 6.20. The lowest BCUT2D eigenvalue weighted by atomic mass is 9.79. The fraction of sp³-hybridized carbons (Fsp3) is 0.348. The van der Waals surface area contributed by atoms with Crippen LogP contribution in [-0.4, -0.2) is 41.9 Å². The number of pyridine rings is 1. The number of carbonyl (C=O) groups excluding carboxylic acids is 1. The van der Waals surface area contributed by atoms with Crippen LogP contribution < -0.4 is 27.0 Å². The van der Waals surface area contributed by atoms with Gasteiger partial charge in [0.15, 0.2) is 0 Å². The van der Waals surface area contributed by atoms with Crippen molar-refractivity contribution in [3.05, 3.63) is 66.4 Å². The predicted octanol–water partition coefficient (Wildman–Crippen LogP) is 2.35. The lowest BCUT2D eigenvalue weighted by molar-refractivity contribution is -0.114. The third-order valence-corrected chi connectivity index (χ3v) is 6.07. The number of anilines is 2. The fourth-order valence-electron chi connectivity index (χ4n) is 4.01. The Morgan fingerprint density at radius 2 is 2.00 bits per heavy atom. The zero-order valence-corrected chi connectivity index (χ0v) is 18.1. The van der Waals surface area contributed by atoms with Gasteiger partial charge >= 0.3 is 0 Å². The van der Waals surface area contributed by atoms with E-state index in [9.17, 15) is 9.18 Å². The summed E-state index contributed by atoms with van der Waals surface area (Å²) in [5, 5.41) is 14.2. The average Bonchev–Trinajstić information content (AvgIpc) is 2.79. The van der Waals surface area contributed by atoms with Crippen molar-refractivity contribution in [1.82, 2.24) is 10.3 Å². The van der Waals surface area contributed by atoms with Crippen LogP contribution in [-0.2, 0) is 4.79 Å². The first-order valence-corrected chi connectivity index (χ1v) is 10.6. The molecule has 1 heterocycles. The third-order valence-electron chi connectivity index (χ3n) is 6.07. The maximum atomic E-state index is 13.3. The van der Waals surface area contributed by atoms with Crippen molar-refractivity contribution in [2.24, 2.45) is 11.5 Å². The number of hydrogen-bond donors (Lipinski definition) is 5. The highest BCUT2D eigenvalue weighted by Gasteiger charge is 2.35. The van der Waals surface area contributed by atoms with E-state index in [1.54, 1.807) is 0 Å². The number of rotatable bonds is 8. The number of para-hydroxylation sites is 1. The van der Waals surface area contributed by atoms with Crippen LogP contribution in [0.25, 0.3) is 0 Å². The number of nitrogens with zero attached hydrogens (tertiary/aromatic N) is 2. The summed E-state index contributed by atoms with van der Waals surface area (Å²) in [6.45, 7) is 0.383. The monoisotopic (exact) mass is 439 g/mol. The number of aromatic nitrogens is 1. The van der Waals surface area contributed by atoms with Crippen LogP contribution in [0.5, 0.6) is 0 Å². The molecule has 0 bridgehead atoms. The minimum atomic E-state index is -0.769. The molecule has 0 unspecified atom stereocenters. The van der Waals surface area contributed by atoms with Crippen molar-refractivity contribution in [2.45, 2.75) is 37.3 Å². The van der Waals surface area contributed by atoms with E-state index < -0.39 is 17.4 Å². The number of primary amides is 1. The Kier molecular flexibility index (Phi) is 7.42. The predicted molar refractivity (Wildman–Crippen MR) is 125 cm³/mol. The molecule has 32 heavy (non-hydrogen) atoms. The maximum absolute atomic E-state index is 13.3. The molecule has 1 aromatic carbocycles. The van der Waals surface area contributed by atoms with Gasteiger partial charge in [0.2, 0.25) is 5.95 Å². The molecule has 0 radical (unpaired) electrons. The second-order valence-corrected chi connectivity index (χ2v) is 8.10. The van der Waals surface area contributed by atoms with Gasteiger partial charge in [0.05, 0.1) is 5.57 Å². The minimum Gasteiger partial charge on any atom is -0.383 e. The average molecular weight is 440 g/mol. The van der Waals surface area contributed by atoms with Gasteiger partial charge in [0.25, 0.3) is 5.91 Å². The van der Waals surface area contributed by atoms with E-state index in [0.717, 1.165) is 31.7 Å². The summed E-state index contributed by atoms with van der Waals surface area (Å²) in [7, 11) is 2.10. The molecule has 9 heteroatoms. The van der Waals surface area contributed by atoms with Gasteiger partial charge in [-0.25, -0.2) is 4.98 Å². The van der Waals surface area contributed by atoms with Crippen LogP contribution >= 0.6 is 0 Å². The van der Waals surface area contributed by atoms with E-state index in [2.05, 4.69) is 39.7 Å². The normalized spacial score (nSPS) is 21.0. The van der Waals surface area contributed by atoms with Crippen molar-refractivity contribution in [1.29, 1.82) is 5.41 Å². The smallest absolute Gasteiger partial charge is 0.253 e. The highest BCUT2D eigenvalue weighted by Crippen LogP contribution is 2.32. The van der Waals surface area contributed by atoms with Gasteiger partial charge in [-0.05, 0) is 43.9 Å². The van der Waals surface area contributed by atoms with E-state index in [1.807, 2.05) is 18.2 Å². The molecule has 0 saturated heterocycles. The zero-order valence-electron chi connectivity index (χ0n) is 18.1. The van der Waals surface area contributed by atoms with Crippen LogP contribution in [0.15, 0.2) is 60.4 Å². The van der Waals surface area contributed by atoms with Crippen LogP contribution in [0, 0.1) is 11.4 Å². The zero-order chi connectivity index (χ0) is 23.1. The second kappa shape index (κ2) is 10.2. The molecule has 1 aliphatic carbocycles. The first-order chi connectivity index (χ1) is 15.3. The molecular weight excluding hydrogens is 409 g/mol. The van der Waals surface area contributed by atoms with Crippen LogP contribution in [0.3, 0.4) is 0 Å². The van der Waals surface area contributed by atoms with E-state index in [1.165, 1.54) is 24.2 Å². The van der Waals surface area contributed by atoms with Gasteiger partial charge in [0, 0.05) is 55.0 Å². The summed E-state index contributed by atoms with van der Waals surface area (Å²) in [4.78, 5) is 17.7. The molecule has 1 saturated carbocycles. The molecule has 1 aromatic heterocycles. The summed E-state index contributed by atoms with van der Waals surface area (Å²) < 4.78 is 13.3. The highest BCUT2D eigenvalue weighted by atomic mass is 19.1. The first-order valence-electron chi connectivity index (χ1n) is 10.6. The molecule has 0 aliphatic heterocycles. The summed E-state index contributed by atoms with van der Waals surface area (Å²) in [6, 6.07) is 13.3. The molecule has 0 atom stereocenters. The van der Waals surface area contributed by atoms with Crippen LogP contribution in [0.2, 0.25) is 0 Å². The van der Waals surface area contributed by atoms with E-state index in [0.29, 0.717) is 18.3 Å². The Balaban J connectivity index is 1.66. The molecular formula is C23H30FN7O. The number of carbonyl (C=O) groups is 1. The lowest BCUT2D eigenvalue weighted by Gasteiger charge is -2.43. The molecule has 170 valence electrons. The number of hydrogen-bond acceptors (Lipinski definition) is 6. The second-order valence-electron chi connectivity index (χ2n) is 8.10. The van der Waals surface area contributed by atoms with Gasteiger partial charge in [-0.2, -0.15) is 4.39 Å². The Morgan fingerprint density at radius 3 is 2.59 bits per heavy atom. The quantitative estimate of drug-likeness (QED) is 0.186. The number of amidine groups is 1. The molecule has 0 spiro atoms. The molecule has 3 rings (SSSR count). The highest BCUT2D eigenvalue weighted by molar-refractivity contribution is 6.23. The van der Waals surface area contributed by atoms with E-state index >= 15 is 0 Å². The summed E-state index contributed by atoms with van der Waals surface area (Å²) in [5.74, 6) is -1.70. The Labute approximate surface area is 187 Å². The molecule has 1 fully saturated rings. The molecule has 2 aromatic rings. The summed E-state index contributed by atoms with van der Waals surface area (Å²) >= 11 is 0.